The standard InChI is InChI=1S/C13H16ClN3S/c1-9-2-5-17(6-3-9)8-11-15-12(14)10-4-7-18-13(10)16-11/h4,7,9H,2-3,5-6,8H2,1H3. The van der Waals surface area contributed by atoms with Crippen LogP contribution in [0.2, 0.25) is 5.15 Å². The number of hydrogen-bond acceptors (Lipinski definition) is 4. The van der Waals surface area contributed by atoms with Crippen molar-refractivity contribution in [3.05, 3.63) is 22.4 Å². The molecule has 0 aromatic carbocycles. The molecule has 18 heavy (non-hydrogen) atoms. The third kappa shape index (κ3) is 2.51. The molecule has 0 aliphatic carbocycles. The van der Waals surface area contributed by atoms with E-state index in [1.54, 1.807) is 11.3 Å². The largest absolute Gasteiger partial charge is 0.296 e. The van der Waals surface area contributed by atoms with Crippen molar-refractivity contribution in [2.24, 2.45) is 5.92 Å². The van der Waals surface area contributed by atoms with Gasteiger partial charge in [-0.3, -0.25) is 4.90 Å². The van der Waals surface area contributed by atoms with Crippen LogP contribution in [-0.4, -0.2) is 28.0 Å². The number of likely N-dealkylation sites (tertiary alicyclic amines) is 1. The normalized spacial score (nSPS) is 18.6. The van der Waals surface area contributed by atoms with Crippen molar-refractivity contribution in [2.75, 3.05) is 13.1 Å². The Kier molecular flexibility index (Phi) is 3.50. The molecule has 0 radical (unpaired) electrons. The van der Waals surface area contributed by atoms with Crippen LogP contribution in [0, 0.1) is 5.92 Å². The van der Waals surface area contributed by atoms with Crippen LogP contribution in [0.1, 0.15) is 25.6 Å². The Hall–Kier alpha value is -0.710. The molecule has 0 spiro atoms. The second-order valence-electron chi connectivity index (χ2n) is 5.03. The van der Waals surface area contributed by atoms with Gasteiger partial charge in [-0.1, -0.05) is 18.5 Å². The second-order valence-corrected chi connectivity index (χ2v) is 6.28. The first kappa shape index (κ1) is 12.3. The fraction of sp³-hybridized carbons (Fsp3) is 0.538. The van der Waals surface area contributed by atoms with Gasteiger partial charge in [0.2, 0.25) is 0 Å². The molecule has 1 fully saturated rings. The summed E-state index contributed by atoms with van der Waals surface area (Å²) in [6, 6.07) is 1.98. The van der Waals surface area contributed by atoms with Crippen molar-refractivity contribution in [3.8, 4) is 0 Å². The molecule has 0 bridgehead atoms. The van der Waals surface area contributed by atoms with E-state index in [4.69, 9.17) is 11.6 Å². The summed E-state index contributed by atoms with van der Waals surface area (Å²) in [5.74, 6) is 1.70. The molecule has 3 heterocycles. The molecular formula is C13H16ClN3S. The van der Waals surface area contributed by atoms with Gasteiger partial charge in [0, 0.05) is 5.39 Å². The number of piperidine rings is 1. The van der Waals surface area contributed by atoms with Crippen molar-refractivity contribution >= 4 is 33.2 Å². The van der Waals surface area contributed by atoms with E-state index in [0.29, 0.717) is 5.15 Å². The molecule has 3 nitrogen and oxygen atoms in total. The molecule has 0 amide bonds. The first-order chi connectivity index (χ1) is 8.72. The van der Waals surface area contributed by atoms with Crippen LogP contribution >= 0.6 is 22.9 Å². The van der Waals surface area contributed by atoms with Crippen molar-refractivity contribution in [2.45, 2.75) is 26.3 Å². The molecule has 0 saturated carbocycles. The molecule has 1 aliphatic rings. The van der Waals surface area contributed by atoms with E-state index in [9.17, 15) is 0 Å². The highest BCUT2D eigenvalue weighted by atomic mass is 35.5. The van der Waals surface area contributed by atoms with E-state index in [-0.39, 0.29) is 0 Å². The Morgan fingerprint density at radius 3 is 2.94 bits per heavy atom. The van der Waals surface area contributed by atoms with E-state index in [0.717, 1.165) is 41.6 Å². The number of halogens is 1. The fourth-order valence-electron chi connectivity index (χ4n) is 2.35. The Bertz CT molecular complexity index is 546. The van der Waals surface area contributed by atoms with E-state index in [1.165, 1.54) is 12.8 Å². The summed E-state index contributed by atoms with van der Waals surface area (Å²) in [4.78, 5) is 12.4. The number of hydrogen-bond donors (Lipinski definition) is 0. The van der Waals surface area contributed by atoms with Crippen LogP contribution in [0.15, 0.2) is 11.4 Å². The summed E-state index contributed by atoms with van der Waals surface area (Å²) in [7, 11) is 0. The van der Waals surface area contributed by atoms with Crippen molar-refractivity contribution in [1.29, 1.82) is 0 Å². The molecule has 1 saturated heterocycles. The van der Waals surface area contributed by atoms with Crippen LogP contribution in [0.3, 0.4) is 0 Å². The van der Waals surface area contributed by atoms with Gasteiger partial charge in [0.25, 0.3) is 0 Å². The van der Waals surface area contributed by atoms with Crippen LogP contribution < -0.4 is 0 Å². The molecule has 0 atom stereocenters. The highest BCUT2D eigenvalue weighted by Gasteiger charge is 2.17. The molecule has 0 unspecified atom stereocenters. The van der Waals surface area contributed by atoms with E-state index in [2.05, 4.69) is 21.8 Å². The van der Waals surface area contributed by atoms with Crippen molar-refractivity contribution < 1.29 is 0 Å². The molecule has 1 aliphatic heterocycles. The molecule has 3 rings (SSSR count). The summed E-state index contributed by atoms with van der Waals surface area (Å²) in [5.41, 5.74) is 0. The Morgan fingerprint density at radius 2 is 2.17 bits per heavy atom. The third-order valence-corrected chi connectivity index (χ3v) is 4.66. The van der Waals surface area contributed by atoms with Gasteiger partial charge in [0.1, 0.15) is 15.8 Å². The number of aromatic nitrogens is 2. The summed E-state index contributed by atoms with van der Waals surface area (Å²) in [5, 5.41) is 3.57. The fourth-order valence-corrected chi connectivity index (χ4v) is 3.44. The maximum atomic E-state index is 6.18. The third-order valence-electron chi connectivity index (χ3n) is 3.57. The van der Waals surface area contributed by atoms with Gasteiger partial charge in [-0.25, -0.2) is 9.97 Å². The zero-order valence-electron chi connectivity index (χ0n) is 10.4. The zero-order chi connectivity index (χ0) is 12.5. The number of nitrogens with zero attached hydrogens (tertiary/aromatic N) is 3. The van der Waals surface area contributed by atoms with Crippen LogP contribution in [0.5, 0.6) is 0 Å². The van der Waals surface area contributed by atoms with Gasteiger partial charge in [0.15, 0.2) is 0 Å². The summed E-state index contributed by atoms with van der Waals surface area (Å²) >= 11 is 7.81. The Balaban J connectivity index is 1.78. The van der Waals surface area contributed by atoms with E-state index in [1.807, 2.05) is 11.4 Å². The number of rotatable bonds is 2. The van der Waals surface area contributed by atoms with Gasteiger partial charge in [-0.15, -0.1) is 11.3 Å². The van der Waals surface area contributed by atoms with Crippen LogP contribution in [0.4, 0.5) is 0 Å². The van der Waals surface area contributed by atoms with Gasteiger partial charge >= 0.3 is 0 Å². The summed E-state index contributed by atoms with van der Waals surface area (Å²) in [6.45, 7) is 5.43. The average molecular weight is 282 g/mol. The minimum atomic E-state index is 0.585. The molecule has 5 heteroatoms. The summed E-state index contributed by atoms with van der Waals surface area (Å²) in [6.07, 6.45) is 2.55. The lowest BCUT2D eigenvalue weighted by Gasteiger charge is -2.29. The lowest BCUT2D eigenvalue weighted by Crippen LogP contribution is -2.32. The van der Waals surface area contributed by atoms with Crippen LogP contribution in [0.25, 0.3) is 10.2 Å². The summed E-state index contributed by atoms with van der Waals surface area (Å²) < 4.78 is 0. The van der Waals surface area contributed by atoms with Gasteiger partial charge in [-0.2, -0.15) is 0 Å². The molecule has 2 aromatic rings. The first-order valence-electron chi connectivity index (χ1n) is 6.34. The zero-order valence-corrected chi connectivity index (χ0v) is 12.0. The maximum Gasteiger partial charge on any atom is 0.145 e. The minimum Gasteiger partial charge on any atom is -0.296 e. The predicted octanol–water partition coefficient (Wildman–Crippen LogP) is 3.58. The highest BCUT2D eigenvalue weighted by molar-refractivity contribution is 7.16. The lowest BCUT2D eigenvalue weighted by molar-refractivity contribution is 0.181. The quantitative estimate of drug-likeness (QED) is 0.788. The maximum absolute atomic E-state index is 6.18. The highest BCUT2D eigenvalue weighted by Crippen LogP contribution is 2.25. The number of thiophene rings is 1. The van der Waals surface area contributed by atoms with Gasteiger partial charge in [0.05, 0.1) is 6.54 Å². The van der Waals surface area contributed by atoms with Crippen molar-refractivity contribution in [1.82, 2.24) is 14.9 Å². The molecule has 2 aromatic heterocycles. The van der Waals surface area contributed by atoms with Gasteiger partial charge in [-0.05, 0) is 43.3 Å². The smallest absolute Gasteiger partial charge is 0.145 e. The monoisotopic (exact) mass is 281 g/mol. The molecule has 96 valence electrons. The second kappa shape index (κ2) is 5.11. The lowest BCUT2D eigenvalue weighted by atomic mass is 9.99. The average Bonchev–Trinajstić information content (AvgIpc) is 2.81. The minimum absolute atomic E-state index is 0.585. The van der Waals surface area contributed by atoms with Gasteiger partial charge < -0.3 is 0 Å². The predicted molar refractivity (Wildman–Crippen MR) is 76.1 cm³/mol. The SMILES string of the molecule is CC1CCN(Cc2nc(Cl)c3ccsc3n2)CC1. The molecular weight excluding hydrogens is 266 g/mol. The Morgan fingerprint density at radius 1 is 1.39 bits per heavy atom. The topological polar surface area (TPSA) is 29.0 Å². The van der Waals surface area contributed by atoms with E-state index < -0.39 is 0 Å². The van der Waals surface area contributed by atoms with E-state index >= 15 is 0 Å². The molecule has 0 N–H and O–H groups in total. The Labute approximate surface area is 116 Å². The first-order valence-corrected chi connectivity index (χ1v) is 7.60. The van der Waals surface area contributed by atoms with Crippen LogP contribution in [-0.2, 0) is 6.54 Å². The van der Waals surface area contributed by atoms with Crippen molar-refractivity contribution in [3.63, 3.8) is 0 Å². The number of fused-ring (bicyclic) bond motifs is 1.